The molecule has 0 saturated carbocycles. The van der Waals surface area contributed by atoms with E-state index in [0.717, 1.165) is 0 Å². The lowest BCUT2D eigenvalue weighted by atomic mass is 10.4. The monoisotopic (exact) mass is 78.0 g/mol. The van der Waals surface area contributed by atoms with E-state index in [1.807, 2.05) is 0 Å². The molecule has 0 saturated heterocycles. The maximum atomic E-state index is 7.28. The Kier molecular flexibility index (Phi) is 3.83. The van der Waals surface area contributed by atoms with Gasteiger partial charge >= 0.3 is 7.69 Å². The van der Waals surface area contributed by atoms with Gasteiger partial charge in [0.2, 0.25) is 0 Å². The molecule has 0 unspecified atom stereocenters. The average Bonchev–Trinajstić information content (AvgIpc) is 1.41. The van der Waals surface area contributed by atoms with Crippen molar-refractivity contribution >= 4 is 7.69 Å². The molecule has 5 heavy (non-hydrogen) atoms. The lowest BCUT2D eigenvalue weighted by Gasteiger charge is -1.79. The van der Waals surface area contributed by atoms with Gasteiger partial charge in [-0.25, -0.2) is 0 Å². The van der Waals surface area contributed by atoms with E-state index in [9.17, 15) is 0 Å². The zero-order chi connectivity index (χ0) is 4.12. The van der Waals surface area contributed by atoms with Crippen LogP contribution in [-0.4, -0.2) is 18.2 Å². The molecule has 0 amide bonds. The van der Waals surface area contributed by atoms with Crippen molar-refractivity contribution in [2.75, 3.05) is 0 Å². The van der Waals surface area contributed by atoms with Crippen LogP contribution >= 0.6 is 0 Å². The van der Waals surface area contributed by atoms with Gasteiger partial charge in [0.25, 0.3) is 0 Å². The highest BCUT2D eigenvalue weighted by atomic mass is 17.2. The van der Waals surface area contributed by atoms with Gasteiger partial charge in [0.05, 0.1) is 0 Å². The van der Waals surface area contributed by atoms with Crippen molar-refractivity contribution < 1.29 is 20.1 Å². The standard InChI is InChI=1S/BH3O4/c2-4-1-5-3/h1-3H. The summed E-state index contributed by atoms with van der Waals surface area (Å²) in [6.45, 7) is 0. The smallest absolute Gasteiger partial charge is 0.268 e. The maximum Gasteiger partial charge on any atom is 0.505 e. The first-order chi connectivity index (χ1) is 2.41. The van der Waals surface area contributed by atoms with Crippen LogP contribution in [0.4, 0.5) is 0 Å². The molecule has 4 nitrogen and oxygen atoms in total. The number of rotatable bonds is 2. The first-order valence-corrected chi connectivity index (χ1v) is 0.942. The van der Waals surface area contributed by atoms with Crippen molar-refractivity contribution in [2.45, 2.75) is 0 Å². The highest BCUT2D eigenvalue weighted by Gasteiger charge is 1.79. The molecule has 0 aromatic heterocycles. The van der Waals surface area contributed by atoms with Crippen molar-refractivity contribution in [1.82, 2.24) is 0 Å². The van der Waals surface area contributed by atoms with E-state index in [1.165, 1.54) is 0 Å². The van der Waals surface area contributed by atoms with E-state index >= 15 is 0 Å². The second kappa shape index (κ2) is 3.90. The van der Waals surface area contributed by atoms with Crippen LogP contribution in [0.25, 0.3) is 0 Å². The third-order valence-corrected chi connectivity index (χ3v) is 0.105. The fraction of sp³-hybridized carbons (Fsp3) is 0. The second-order valence-electron chi connectivity index (χ2n) is 0.376. The minimum Gasteiger partial charge on any atom is -0.268 e. The molecular formula is H3BO4. The summed E-state index contributed by atoms with van der Waals surface area (Å²) in [5, 5.41) is 14.6. The van der Waals surface area contributed by atoms with E-state index in [4.69, 9.17) is 10.5 Å². The molecular weight excluding hydrogens is 74.8 g/mol. The number of hydrogen-bond acceptors (Lipinski definition) is 4. The summed E-state index contributed by atoms with van der Waals surface area (Å²) in [5.41, 5.74) is 0. The zero-order valence-electron chi connectivity index (χ0n) is 2.42. The van der Waals surface area contributed by atoms with E-state index in [-0.39, 0.29) is 0 Å². The molecule has 0 aromatic carbocycles. The van der Waals surface area contributed by atoms with Gasteiger partial charge < -0.3 is 0 Å². The molecule has 30 valence electrons. The first kappa shape index (κ1) is 4.90. The van der Waals surface area contributed by atoms with Gasteiger partial charge in [0, 0.05) is 0 Å². The largest absolute Gasteiger partial charge is 0.505 e. The predicted octanol–water partition coefficient (Wildman–Crippen LogP) is -0.768. The lowest BCUT2D eigenvalue weighted by molar-refractivity contribution is -0.214. The summed E-state index contributed by atoms with van der Waals surface area (Å²) in [7, 11) is -0.500. The van der Waals surface area contributed by atoms with Crippen molar-refractivity contribution in [2.24, 2.45) is 0 Å². The highest BCUT2D eigenvalue weighted by Crippen LogP contribution is 1.53. The van der Waals surface area contributed by atoms with Crippen LogP contribution < -0.4 is 0 Å². The Hall–Kier alpha value is -0.0951. The minimum atomic E-state index is -0.500. The van der Waals surface area contributed by atoms with E-state index < -0.39 is 7.69 Å². The zero-order valence-corrected chi connectivity index (χ0v) is 2.42. The Balaban J connectivity index is 2.19. The molecule has 0 radical (unpaired) electrons. The summed E-state index contributed by atoms with van der Waals surface area (Å²) in [6.07, 6.45) is 0. The Bertz CT molecular complexity index is 11.1. The molecule has 0 aliphatic heterocycles. The normalized spacial score (nSPS) is 7.60. The quantitative estimate of drug-likeness (QED) is 0.258. The third-order valence-electron chi connectivity index (χ3n) is 0.105. The first-order valence-electron chi connectivity index (χ1n) is 0.942. The Morgan fingerprint density at radius 1 is 1.20 bits per heavy atom. The molecule has 2 N–H and O–H groups in total. The van der Waals surface area contributed by atoms with E-state index in [0.29, 0.717) is 0 Å². The maximum absolute atomic E-state index is 7.28. The van der Waals surface area contributed by atoms with Gasteiger partial charge in [-0.2, -0.15) is 0 Å². The van der Waals surface area contributed by atoms with E-state index in [1.54, 1.807) is 0 Å². The molecule has 5 heteroatoms. The van der Waals surface area contributed by atoms with Crippen molar-refractivity contribution in [3.8, 4) is 0 Å². The van der Waals surface area contributed by atoms with Crippen LogP contribution in [-0.2, 0) is 9.61 Å². The molecule has 0 fully saturated rings. The Morgan fingerprint density at radius 2 is 1.60 bits per heavy atom. The number of hydrogen-bond donors (Lipinski definition) is 2. The van der Waals surface area contributed by atoms with Gasteiger partial charge in [-0.15, -0.1) is 0 Å². The van der Waals surface area contributed by atoms with Gasteiger partial charge in [0.1, 0.15) is 0 Å². The molecule has 0 atom stereocenters. The van der Waals surface area contributed by atoms with Gasteiger partial charge in [-0.3, -0.25) is 20.1 Å². The van der Waals surface area contributed by atoms with Crippen LogP contribution in [0, 0.1) is 0 Å². The highest BCUT2D eigenvalue weighted by molar-refractivity contribution is 6.16. The van der Waals surface area contributed by atoms with Crippen LogP contribution in [0.3, 0.4) is 0 Å². The van der Waals surface area contributed by atoms with Crippen molar-refractivity contribution in [3.63, 3.8) is 0 Å². The summed E-state index contributed by atoms with van der Waals surface area (Å²) in [6, 6.07) is 0. The Morgan fingerprint density at radius 3 is 1.60 bits per heavy atom. The molecule has 0 rings (SSSR count). The predicted molar refractivity (Wildman–Crippen MR) is 14.6 cm³/mol. The summed E-state index contributed by atoms with van der Waals surface area (Å²) >= 11 is 0. The average molecular weight is 77.8 g/mol. The molecule has 0 aliphatic carbocycles. The SMILES string of the molecule is OOBOO. The molecule has 0 aliphatic rings. The molecule has 0 heterocycles. The minimum absolute atomic E-state index is 0.500. The van der Waals surface area contributed by atoms with Gasteiger partial charge in [0.15, 0.2) is 0 Å². The molecule has 0 bridgehead atoms. The fourth-order valence-electron chi connectivity index (χ4n) is 0.0236. The summed E-state index contributed by atoms with van der Waals surface area (Å²) in [5.74, 6) is 0. The topological polar surface area (TPSA) is 58.9 Å². The third kappa shape index (κ3) is 3.90. The lowest BCUT2D eigenvalue weighted by Crippen LogP contribution is -1.95. The second-order valence-corrected chi connectivity index (χ2v) is 0.376. The van der Waals surface area contributed by atoms with Crippen molar-refractivity contribution in [1.29, 1.82) is 0 Å². The summed E-state index contributed by atoms with van der Waals surface area (Å²) in [4.78, 5) is 6.44. The fourth-order valence-corrected chi connectivity index (χ4v) is 0.0236. The van der Waals surface area contributed by atoms with Crippen LogP contribution in [0.5, 0.6) is 0 Å². The van der Waals surface area contributed by atoms with Crippen LogP contribution in [0.15, 0.2) is 0 Å². The van der Waals surface area contributed by atoms with Crippen LogP contribution in [0.2, 0.25) is 0 Å². The van der Waals surface area contributed by atoms with Gasteiger partial charge in [-0.05, 0) is 0 Å². The molecule has 0 spiro atoms. The van der Waals surface area contributed by atoms with Crippen molar-refractivity contribution in [3.05, 3.63) is 0 Å². The van der Waals surface area contributed by atoms with Gasteiger partial charge in [-0.1, -0.05) is 0 Å². The Labute approximate surface area is 29.1 Å². The van der Waals surface area contributed by atoms with Crippen LogP contribution in [0.1, 0.15) is 0 Å². The summed E-state index contributed by atoms with van der Waals surface area (Å²) < 4.78 is 0. The van der Waals surface area contributed by atoms with E-state index in [2.05, 4.69) is 9.61 Å². The molecule has 0 aromatic rings.